The monoisotopic (exact) mass is 294 g/mol. The number of carbonyl (C=O) groups is 1. The number of aromatic nitrogens is 1. The summed E-state index contributed by atoms with van der Waals surface area (Å²) in [6.07, 6.45) is -3.10. The van der Waals surface area contributed by atoms with E-state index in [0.29, 0.717) is 0 Å². The first-order valence-corrected chi connectivity index (χ1v) is 6.07. The van der Waals surface area contributed by atoms with Crippen molar-refractivity contribution in [1.82, 2.24) is 4.98 Å². The van der Waals surface area contributed by atoms with E-state index in [1.54, 1.807) is 6.07 Å². The van der Waals surface area contributed by atoms with Crippen molar-refractivity contribution in [2.24, 2.45) is 0 Å². The zero-order valence-electron chi connectivity index (χ0n) is 10.6. The Balaban J connectivity index is 2.03. The van der Waals surface area contributed by atoms with Crippen molar-refractivity contribution in [3.05, 3.63) is 53.9 Å². The van der Waals surface area contributed by atoms with Crippen LogP contribution in [0.3, 0.4) is 0 Å². The first-order chi connectivity index (χ1) is 9.97. The molecule has 0 atom stereocenters. The number of rotatable bonds is 1. The number of alkyl halides is 3. The average Bonchev–Trinajstić information content (AvgIpc) is 2.46. The summed E-state index contributed by atoms with van der Waals surface area (Å²) in [6, 6.07) is 7.98. The van der Waals surface area contributed by atoms with Gasteiger partial charge in [-0.2, -0.15) is 13.2 Å². The lowest BCUT2D eigenvalue weighted by molar-refractivity contribution is -0.137. The van der Waals surface area contributed by atoms with Gasteiger partial charge in [-0.3, -0.25) is 4.79 Å². The molecule has 0 aliphatic carbocycles. The molecule has 0 radical (unpaired) electrons. The molecule has 0 spiro atoms. The highest BCUT2D eigenvalue weighted by molar-refractivity contribution is 6.00. The number of hydrogen-bond donors (Lipinski definition) is 0. The normalized spacial score (nSPS) is 14.6. The molecule has 1 aliphatic rings. The van der Waals surface area contributed by atoms with Gasteiger partial charge in [0.2, 0.25) is 5.78 Å². The van der Waals surface area contributed by atoms with E-state index in [-0.39, 0.29) is 23.7 Å². The fourth-order valence-corrected chi connectivity index (χ4v) is 2.10. The van der Waals surface area contributed by atoms with Crippen LogP contribution in [0.15, 0.2) is 42.6 Å². The summed E-state index contributed by atoms with van der Waals surface area (Å²) in [5.74, 6) is -0.250. The van der Waals surface area contributed by atoms with Gasteiger partial charge in [0, 0.05) is 6.20 Å². The summed E-state index contributed by atoms with van der Waals surface area (Å²) >= 11 is 0. The molecular formula is C14H9F3N2O2. The molecule has 3 rings (SSSR count). The molecule has 1 aromatic heterocycles. The van der Waals surface area contributed by atoms with Gasteiger partial charge in [-0.1, -0.05) is 12.1 Å². The van der Waals surface area contributed by atoms with Crippen LogP contribution in [0.2, 0.25) is 0 Å². The first-order valence-electron chi connectivity index (χ1n) is 6.07. The zero-order chi connectivity index (χ0) is 15.0. The summed E-state index contributed by atoms with van der Waals surface area (Å²) in [5, 5.41) is 0.940. The van der Waals surface area contributed by atoms with Crippen molar-refractivity contribution in [2.45, 2.75) is 6.18 Å². The number of anilines is 1. The molecule has 0 saturated carbocycles. The average molecular weight is 294 g/mol. The molecule has 0 fully saturated rings. The number of fused-ring (bicyclic) bond motifs is 1. The minimum absolute atomic E-state index is 0.123. The molecule has 0 unspecified atom stereocenters. The number of ketones is 1. The van der Waals surface area contributed by atoms with Crippen LogP contribution in [-0.2, 0) is 6.18 Å². The summed E-state index contributed by atoms with van der Waals surface area (Å²) in [4.78, 5) is 21.2. The van der Waals surface area contributed by atoms with Gasteiger partial charge >= 0.3 is 6.18 Å². The topological polar surface area (TPSA) is 42.4 Å². The molecular weight excluding hydrogens is 285 g/mol. The van der Waals surface area contributed by atoms with Crippen molar-refractivity contribution in [3.63, 3.8) is 0 Å². The van der Waals surface area contributed by atoms with E-state index in [1.807, 2.05) is 0 Å². The van der Waals surface area contributed by atoms with E-state index in [2.05, 4.69) is 4.98 Å². The summed E-state index contributed by atoms with van der Waals surface area (Å²) < 4.78 is 39.1. The molecule has 0 saturated heterocycles. The van der Waals surface area contributed by atoms with Crippen LogP contribution >= 0.6 is 0 Å². The Kier molecular flexibility index (Phi) is 3.04. The summed E-state index contributed by atoms with van der Waals surface area (Å²) in [5.41, 5.74) is -0.934. The maximum Gasteiger partial charge on any atom is 0.418 e. The number of benzene rings is 1. The fourth-order valence-electron chi connectivity index (χ4n) is 2.10. The lowest BCUT2D eigenvalue weighted by Gasteiger charge is -2.30. The van der Waals surface area contributed by atoms with E-state index in [4.69, 9.17) is 4.84 Å². The number of nitrogens with zero attached hydrogens (tertiary/aromatic N) is 2. The highest BCUT2D eigenvalue weighted by atomic mass is 19.4. The van der Waals surface area contributed by atoms with Crippen LogP contribution in [0.1, 0.15) is 16.1 Å². The predicted molar refractivity (Wildman–Crippen MR) is 68.0 cm³/mol. The van der Waals surface area contributed by atoms with Crippen LogP contribution in [0.5, 0.6) is 5.75 Å². The van der Waals surface area contributed by atoms with Crippen LogP contribution in [0.25, 0.3) is 0 Å². The molecule has 1 aliphatic heterocycles. The van der Waals surface area contributed by atoms with E-state index < -0.39 is 17.5 Å². The smallest absolute Gasteiger partial charge is 0.377 e. The quantitative estimate of drug-likeness (QED) is 0.810. The number of carbonyl (C=O) groups excluding carboxylic acids is 1. The SMILES string of the molecule is O=C1CN(c2ccccc2C(F)(F)F)Oc2cccnc21. The molecule has 0 bridgehead atoms. The number of halogens is 3. The van der Waals surface area contributed by atoms with Crippen LogP contribution in [-0.4, -0.2) is 17.3 Å². The highest BCUT2D eigenvalue weighted by Gasteiger charge is 2.37. The van der Waals surface area contributed by atoms with Gasteiger partial charge < -0.3 is 4.84 Å². The third kappa shape index (κ3) is 2.42. The Hall–Kier alpha value is -2.57. The standard InChI is InChI=1S/C14H9F3N2O2/c15-14(16,17)9-4-1-2-5-10(9)19-8-11(20)13-12(21-19)6-3-7-18-13/h1-7H,8H2. The molecule has 0 N–H and O–H groups in total. The predicted octanol–water partition coefficient (Wildman–Crippen LogP) is 3.10. The number of para-hydroxylation sites is 1. The number of Topliss-reactive ketones (excluding diaryl/α,β-unsaturated/α-hetero) is 1. The maximum absolute atomic E-state index is 13.0. The summed E-state index contributed by atoms with van der Waals surface area (Å²) in [7, 11) is 0. The minimum atomic E-state index is -4.53. The highest BCUT2D eigenvalue weighted by Crippen LogP contribution is 2.37. The third-order valence-corrected chi connectivity index (χ3v) is 3.01. The van der Waals surface area contributed by atoms with Crippen molar-refractivity contribution in [2.75, 3.05) is 11.6 Å². The second kappa shape index (κ2) is 4.76. The van der Waals surface area contributed by atoms with Gasteiger partial charge in [-0.15, -0.1) is 0 Å². The third-order valence-electron chi connectivity index (χ3n) is 3.01. The number of pyridine rings is 1. The van der Waals surface area contributed by atoms with Gasteiger partial charge in [0.1, 0.15) is 6.54 Å². The van der Waals surface area contributed by atoms with Crippen LogP contribution in [0, 0.1) is 0 Å². The second-order valence-electron chi connectivity index (χ2n) is 4.42. The lowest BCUT2D eigenvalue weighted by Crippen LogP contribution is -2.39. The molecule has 2 aromatic rings. The molecule has 7 heteroatoms. The van der Waals surface area contributed by atoms with E-state index in [0.717, 1.165) is 11.1 Å². The van der Waals surface area contributed by atoms with E-state index in [1.165, 1.54) is 30.5 Å². The molecule has 0 amide bonds. The molecule has 2 heterocycles. The molecule has 108 valence electrons. The largest absolute Gasteiger partial charge is 0.418 e. The van der Waals surface area contributed by atoms with Crippen molar-refractivity contribution >= 4 is 11.5 Å². The Bertz CT molecular complexity index is 701. The molecule has 4 nitrogen and oxygen atoms in total. The van der Waals surface area contributed by atoms with Crippen molar-refractivity contribution in [1.29, 1.82) is 0 Å². The van der Waals surface area contributed by atoms with Crippen molar-refractivity contribution < 1.29 is 22.8 Å². The molecule has 1 aromatic carbocycles. The van der Waals surface area contributed by atoms with Gasteiger partial charge in [-0.25, -0.2) is 10.0 Å². The summed E-state index contributed by atoms with van der Waals surface area (Å²) in [6.45, 7) is -0.322. The Morgan fingerprint density at radius 1 is 1.14 bits per heavy atom. The van der Waals surface area contributed by atoms with Crippen LogP contribution < -0.4 is 9.90 Å². The first kappa shape index (κ1) is 13.4. The minimum Gasteiger partial charge on any atom is -0.377 e. The van der Waals surface area contributed by atoms with Gasteiger partial charge in [0.15, 0.2) is 11.4 Å². The fraction of sp³-hybridized carbons (Fsp3) is 0.143. The number of hydrogen-bond acceptors (Lipinski definition) is 4. The van der Waals surface area contributed by atoms with E-state index >= 15 is 0 Å². The van der Waals surface area contributed by atoms with Crippen molar-refractivity contribution in [3.8, 4) is 5.75 Å². The van der Waals surface area contributed by atoms with Gasteiger partial charge in [0.05, 0.1) is 11.3 Å². The van der Waals surface area contributed by atoms with Gasteiger partial charge in [-0.05, 0) is 24.3 Å². The Morgan fingerprint density at radius 3 is 2.67 bits per heavy atom. The Morgan fingerprint density at radius 2 is 1.90 bits per heavy atom. The lowest BCUT2D eigenvalue weighted by atomic mass is 10.1. The second-order valence-corrected chi connectivity index (χ2v) is 4.42. The van der Waals surface area contributed by atoms with Gasteiger partial charge in [0.25, 0.3) is 0 Å². The number of hydroxylamine groups is 1. The Labute approximate surface area is 117 Å². The van der Waals surface area contributed by atoms with E-state index in [9.17, 15) is 18.0 Å². The molecule has 21 heavy (non-hydrogen) atoms. The zero-order valence-corrected chi connectivity index (χ0v) is 10.6. The maximum atomic E-state index is 13.0. The van der Waals surface area contributed by atoms with Crippen LogP contribution in [0.4, 0.5) is 18.9 Å².